The summed E-state index contributed by atoms with van der Waals surface area (Å²) in [5, 5.41) is 0. The molecule has 6 heteroatoms. The zero-order chi connectivity index (χ0) is 18.9. The second-order valence-corrected chi connectivity index (χ2v) is 8.07. The van der Waals surface area contributed by atoms with Crippen molar-refractivity contribution >= 4 is 23.6 Å². The number of ether oxygens (including phenoxy) is 1. The number of nitrogens with zero attached hydrogens (tertiary/aromatic N) is 2. The molecule has 0 N–H and O–H groups in total. The summed E-state index contributed by atoms with van der Waals surface area (Å²) in [5.41, 5.74) is 0.582. The Morgan fingerprint density at radius 1 is 1.12 bits per heavy atom. The van der Waals surface area contributed by atoms with Crippen LogP contribution in [-0.2, 0) is 4.79 Å². The van der Waals surface area contributed by atoms with E-state index in [0.29, 0.717) is 42.6 Å². The van der Waals surface area contributed by atoms with Crippen LogP contribution in [0.5, 0.6) is 5.75 Å². The first-order valence-corrected chi connectivity index (χ1v) is 10.5. The Bertz CT molecular complexity index is 606. The summed E-state index contributed by atoms with van der Waals surface area (Å²) in [5.74, 6) is 2.98. The van der Waals surface area contributed by atoms with Gasteiger partial charge in [0, 0.05) is 26.2 Å². The Kier molecular flexibility index (Phi) is 8.29. The maximum Gasteiger partial charge on any atom is 0.257 e. The number of hydrogen-bond donors (Lipinski definition) is 0. The zero-order valence-electron chi connectivity index (χ0n) is 16.1. The molecule has 1 aromatic rings. The lowest BCUT2D eigenvalue weighted by molar-refractivity contribution is -0.128. The number of methoxy groups -OCH3 is 1. The molecule has 144 valence electrons. The molecule has 1 saturated heterocycles. The summed E-state index contributed by atoms with van der Waals surface area (Å²) in [6.07, 6.45) is 1.95. The van der Waals surface area contributed by atoms with Gasteiger partial charge in [-0.2, -0.15) is 11.8 Å². The minimum atomic E-state index is -0.0249. The molecule has 0 unspecified atom stereocenters. The first kappa shape index (κ1) is 20.6. The molecule has 26 heavy (non-hydrogen) atoms. The summed E-state index contributed by atoms with van der Waals surface area (Å²) < 4.78 is 5.30. The van der Waals surface area contributed by atoms with Crippen molar-refractivity contribution in [1.29, 1.82) is 0 Å². The maximum absolute atomic E-state index is 12.8. The zero-order valence-corrected chi connectivity index (χ0v) is 16.9. The van der Waals surface area contributed by atoms with Crippen LogP contribution < -0.4 is 4.74 Å². The molecule has 0 atom stereocenters. The van der Waals surface area contributed by atoms with E-state index in [9.17, 15) is 9.59 Å². The standard InChI is InChI=1S/C20H30N2O3S/c1-16(2)9-14-26-15-19(23)21-10-6-11-22(13-12-21)20(24)17-7-4-5-8-18(17)25-3/h4-5,7-8,16H,6,9-15H2,1-3H3. The smallest absolute Gasteiger partial charge is 0.257 e. The predicted octanol–water partition coefficient (Wildman–Crippen LogP) is 3.15. The molecular formula is C20H30N2O3S. The largest absolute Gasteiger partial charge is 0.496 e. The molecule has 0 saturated carbocycles. The van der Waals surface area contributed by atoms with Gasteiger partial charge in [0.05, 0.1) is 18.4 Å². The van der Waals surface area contributed by atoms with Crippen molar-refractivity contribution in [2.45, 2.75) is 26.7 Å². The van der Waals surface area contributed by atoms with Crippen molar-refractivity contribution in [3.05, 3.63) is 29.8 Å². The second-order valence-electron chi connectivity index (χ2n) is 6.96. The normalized spacial score (nSPS) is 15.1. The van der Waals surface area contributed by atoms with Gasteiger partial charge in [0.1, 0.15) is 5.75 Å². The molecule has 0 radical (unpaired) electrons. The third kappa shape index (κ3) is 5.94. The summed E-state index contributed by atoms with van der Waals surface area (Å²) in [7, 11) is 1.58. The lowest BCUT2D eigenvalue weighted by Crippen LogP contribution is -2.38. The van der Waals surface area contributed by atoms with Crippen LogP contribution in [0.25, 0.3) is 0 Å². The Hall–Kier alpha value is -1.69. The number of amides is 2. The molecule has 5 nitrogen and oxygen atoms in total. The summed E-state index contributed by atoms with van der Waals surface area (Å²) >= 11 is 1.71. The van der Waals surface area contributed by atoms with E-state index in [1.165, 1.54) is 0 Å². The molecule has 1 fully saturated rings. The molecule has 1 aliphatic heterocycles. The van der Waals surface area contributed by atoms with Gasteiger partial charge in [-0.25, -0.2) is 0 Å². The molecule has 1 aliphatic rings. The van der Waals surface area contributed by atoms with E-state index >= 15 is 0 Å². The number of rotatable bonds is 7. The minimum Gasteiger partial charge on any atom is -0.496 e. The lowest BCUT2D eigenvalue weighted by atomic mass is 10.1. The quantitative estimate of drug-likeness (QED) is 0.684. The van der Waals surface area contributed by atoms with Crippen LogP contribution in [0.1, 0.15) is 37.0 Å². The van der Waals surface area contributed by atoms with Crippen LogP contribution in [0.3, 0.4) is 0 Å². The maximum atomic E-state index is 12.8. The van der Waals surface area contributed by atoms with Gasteiger partial charge in [-0.05, 0) is 36.6 Å². The molecule has 0 bridgehead atoms. The van der Waals surface area contributed by atoms with E-state index in [-0.39, 0.29) is 11.8 Å². The van der Waals surface area contributed by atoms with Crippen molar-refractivity contribution in [2.75, 3.05) is 44.8 Å². The summed E-state index contributed by atoms with van der Waals surface area (Å²) in [4.78, 5) is 29.0. The van der Waals surface area contributed by atoms with Crippen molar-refractivity contribution in [1.82, 2.24) is 9.80 Å². The molecule has 2 amide bonds. The third-order valence-corrected chi connectivity index (χ3v) is 5.51. The fourth-order valence-corrected chi connectivity index (χ4v) is 4.07. The highest BCUT2D eigenvalue weighted by Gasteiger charge is 2.24. The molecule has 0 aliphatic carbocycles. The van der Waals surface area contributed by atoms with Gasteiger partial charge in [0.25, 0.3) is 5.91 Å². The van der Waals surface area contributed by atoms with Crippen LogP contribution in [-0.4, -0.2) is 66.4 Å². The monoisotopic (exact) mass is 378 g/mol. The number of hydrogen-bond acceptors (Lipinski definition) is 4. The number of thioether (sulfide) groups is 1. The first-order chi connectivity index (χ1) is 12.5. The van der Waals surface area contributed by atoms with Crippen molar-refractivity contribution in [2.24, 2.45) is 5.92 Å². The molecule has 2 rings (SSSR count). The van der Waals surface area contributed by atoms with Crippen molar-refractivity contribution < 1.29 is 14.3 Å². The second kappa shape index (κ2) is 10.5. The number of carbonyl (C=O) groups is 2. The Balaban J connectivity index is 1.87. The van der Waals surface area contributed by atoms with Crippen LogP contribution in [0.15, 0.2) is 24.3 Å². The summed E-state index contributed by atoms with van der Waals surface area (Å²) in [6, 6.07) is 7.29. The van der Waals surface area contributed by atoms with Crippen molar-refractivity contribution in [3.8, 4) is 5.75 Å². The average molecular weight is 379 g/mol. The van der Waals surface area contributed by atoms with E-state index in [4.69, 9.17) is 4.74 Å². The predicted molar refractivity (Wildman–Crippen MR) is 107 cm³/mol. The fraction of sp³-hybridized carbons (Fsp3) is 0.600. The average Bonchev–Trinajstić information content (AvgIpc) is 2.90. The van der Waals surface area contributed by atoms with Gasteiger partial charge in [0.2, 0.25) is 5.91 Å². The SMILES string of the molecule is COc1ccccc1C(=O)N1CCCN(C(=O)CSCCC(C)C)CC1. The highest BCUT2D eigenvalue weighted by molar-refractivity contribution is 7.99. The Labute approximate surface area is 161 Å². The Morgan fingerprint density at radius 3 is 2.54 bits per heavy atom. The Morgan fingerprint density at radius 2 is 1.81 bits per heavy atom. The molecule has 0 aromatic heterocycles. The number of para-hydroxylation sites is 1. The van der Waals surface area contributed by atoms with E-state index in [2.05, 4.69) is 13.8 Å². The number of carbonyl (C=O) groups excluding carboxylic acids is 2. The lowest BCUT2D eigenvalue weighted by Gasteiger charge is -2.23. The van der Waals surface area contributed by atoms with E-state index in [1.54, 1.807) is 31.0 Å². The topological polar surface area (TPSA) is 49.9 Å². The first-order valence-electron chi connectivity index (χ1n) is 9.30. The van der Waals surface area contributed by atoms with Crippen LogP contribution in [0.2, 0.25) is 0 Å². The minimum absolute atomic E-state index is 0.0249. The van der Waals surface area contributed by atoms with Gasteiger partial charge >= 0.3 is 0 Å². The van der Waals surface area contributed by atoms with Crippen molar-refractivity contribution in [3.63, 3.8) is 0 Å². The highest BCUT2D eigenvalue weighted by atomic mass is 32.2. The van der Waals surface area contributed by atoms with E-state index < -0.39 is 0 Å². The van der Waals surface area contributed by atoms with Gasteiger partial charge in [-0.3, -0.25) is 9.59 Å². The number of benzene rings is 1. The summed E-state index contributed by atoms with van der Waals surface area (Å²) in [6.45, 7) is 6.96. The van der Waals surface area contributed by atoms with E-state index in [0.717, 1.165) is 25.1 Å². The molecule has 1 aromatic carbocycles. The van der Waals surface area contributed by atoms with Gasteiger partial charge in [-0.1, -0.05) is 26.0 Å². The highest BCUT2D eigenvalue weighted by Crippen LogP contribution is 2.20. The van der Waals surface area contributed by atoms with Gasteiger partial charge in [0.15, 0.2) is 0 Å². The third-order valence-electron chi connectivity index (χ3n) is 4.54. The molecular weight excluding hydrogens is 348 g/mol. The fourth-order valence-electron chi connectivity index (χ4n) is 2.93. The van der Waals surface area contributed by atoms with Crippen LogP contribution in [0.4, 0.5) is 0 Å². The molecule has 1 heterocycles. The van der Waals surface area contributed by atoms with Crippen LogP contribution >= 0.6 is 11.8 Å². The van der Waals surface area contributed by atoms with Gasteiger partial charge < -0.3 is 14.5 Å². The van der Waals surface area contributed by atoms with Gasteiger partial charge in [-0.15, -0.1) is 0 Å². The van der Waals surface area contributed by atoms with E-state index in [1.807, 2.05) is 21.9 Å². The molecule has 0 spiro atoms. The van der Waals surface area contributed by atoms with Crippen LogP contribution in [0, 0.1) is 5.92 Å².